The normalized spacial score (nSPS) is 18.2. The summed E-state index contributed by atoms with van der Waals surface area (Å²) in [6.07, 6.45) is 1.88. The fourth-order valence-corrected chi connectivity index (χ4v) is 1.65. The molecule has 14 heavy (non-hydrogen) atoms. The van der Waals surface area contributed by atoms with Gasteiger partial charge in [-0.3, -0.25) is 0 Å². The first kappa shape index (κ1) is 9.74. The molecular formula is C10H10ClFO2. The standard InChI is InChI=1S/C10H10ClFO2/c11-7-3-6(4-8(12)9(7)13)5-10(14)1-2-10/h3-4,13-14H,1-2,5H2. The number of rotatable bonds is 2. The van der Waals surface area contributed by atoms with Crippen LogP contribution in [0.3, 0.4) is 0 Å². The van der Waals surface area contributed by atoms with Crippen molar-refractivity contribution in [1.29, 1.82) is 0 Å². The number of halogens is 2. The molecule has 1 fully saturated rings. The molecule has 0 radical (unpaired) electrons. The van der Waals surface area contributed by atoms with E-state index in [-0.39, 0.29) is 5.02 Å². The molecule has 1 saturated carbocycles. The van der Waals surface area contributed by atoms with Crippen molar-refractivity contribution in [1.82, 2.24) is 0 Å². The number of aliphatic hydroxyl groups is 1. The minimum Gasteiger partial charge on any atom is -0.504 e. The average Bonchev–Trinajstić information content (AvgIpc) is 2.79. The molecule has 0 heterocycles. The highest BCUT2D eigenvalue weighted by Crippen LogP contribution is 2.39. The van der Waals surface area contributed by atoms with Crippen LogP contribution in [0.5, 0.6) is 5.75 Å². The molecule has 1 aromatic rings. The molecule has 1 aromatic carbocycles. The van der Waals surface area contributed by atoms with Crippen molar-refractivity contribution in [2.45, 2.75) is 24.9 Å². The molecule has 0 bridgehead atoms. The van der Waals surface area contributed by atoms with Gasteiger partial charge in [-0.25, -0.2) is 4.39 Å². The molecule has 0 aliphatic heterocycles. The monoisotopic (exact) mass is 216 g/mol. The van der Waals surface area contributed by atoms with Crippen LogP contribution in [0, 0.1) is 5.82 Å². The molecule has 0 spiro atoms. The van der Waals surface area contributed by atoms with Gasteiger partial charge in [0.25, 0.3) is 0 Å². The van der Waals surface area contributed by atoms with Gasteiger partial charge in [0, 0.05) is 6.42 Å². The van der Waals surface area contributed by atoms with Crippen molar-refractivity contribution >= 4 is 11.6 Å². The first-order chi connectivity index (χ1) is 6.50. The number of hydrogen-bond donors (Lipinski definition) is 2. The van der Waals surface area contributed by atoms with Gasteiger partial charge in [-0.05, 0) is 30.5 Å². The van der Waals surface area contributed by atoms with Gasteiger partial charge in [-0.15, -0.1) is 0 Å². The topological polar surface area (TPSA) is 40.5 Å². The molecule has 0 unspecified atom stereocenters. The van der Waals surface area contributed by atoms with E-state index in [4.69, 9.17) is 16.7 Å². The van der Waals surface area contributed by atoms with Gasteiger partial charge in [0.05, 0.1) is 10.6 Å². The maximum absolute atomic E-state index is 13.0. The molecule has 1 aliphatic carbocycles. The summed E-state index contributed by atoms with van der Waals surface area (Å²) < 4.78 is 13.0. The molecule has 1 aliphatic rings. The van der Waals surface area contributed by atoms with Crippen LogP contribution < -0.4 is 0 Å². The van der Waals surface area contributed by atoms with Crippen LogP contribution in [-0.4, -0.2) is 15.8 Å². The Morgan fingerprint density at radius 1 is 1.43 bits per heavy atom. The minimum absolute atomic E-state index is 0.00995. The van der Waals surface area contributed by atoms with Crippen molar-refractivity contribution in [2.75, 3.05) is 0 Å². The summed E-state index contributed by atoms with van der Waals surface area (Å²) in [5.74, 6) is -1.27. The van der Waals surface area contributed by atoms with E-state index in [0.717, 1.165) is 12.8 Å². The second kappa shape index (κ2) is 3.11. The van der Waals surface area contributed by atoms with E-state index in [2.05, 4.69) is 0 Å². The predicted molar refractivity (Wildman–Crippen MR) is 51.0 cm³/mol. The number of phenolic OH excluding ortho intramolecular Hbond substituents is 1. The van der Waals surface area contributed by atoms with Gasteiger partial charge in [-0.2, -0.15) is 0 Å². The number of aromatic hydroxyl groups is 1. The Kier molecular flexibility index (Phi) is 2.16. The highest BCUT2D eigenvalue weighted by Gasteiger charge is 2.40. The molecular weight excluding hydrogens is 207 g/mol. The van der Waals surface area contributed by atoms with E-state index in [1.54, 1.807) is 0 Å². The first-order valence-corrected chi connectivity index (χ1v) is 4.77. The zero-order valence-corrected chi connectivity index (χ0v) is 8.18. The van der Waals surface area contributed by atoms with Crippen LogP contribution in [0.25, 0.3) is 0 Å². The lowest BCUT2D eigenvalue weighted by atomic mass is 10.1. The molecule has 0 amide bonds. The van der Waals surface area contributed by atoms with Gasteiger partial charge in [0.15, 0.2) is 11.6 Å². The van der Waals surface area contributed by atoms with E-state index >= 15 is 0 Å². The molecule has 2 rings (SSSR count). The SMILES string of the molecule is Oc1c(F)cc(CC2(O)CC2)cc1Cl. The van der Waals surface area contributed by atoms with Crippen LogP contribution in [-0.2, 0) is 6.42 Å². The van der Waals surface area contributed by atoms with E-state index in [9.17, 15) is 9.50 Å². The summed E-state index contributed by atoms with van der Waals surface area (Å²) >= 11 is 5.60. The maximum Gasteiger partial charge on any atom is 0.170 e. The average molecular weight is 217 g/mol. The largest absolute Gasteiger partial charge is 0.504 e. The third-order valence-corrected chi connectivity index (χ3v) is 2.73. The Morgan fingerprint density at radius 3 is 2.57 bits per heavy atom. The lowest BCUT2D eigenvalue weighted by Crippen LogP contribution is -2.10. The van der Waals surface area contributed by atoms with Crippen LogP contribution in [0.15, 0.2) is 12.1 Å². The number of hydrogen-bond acceptors (Lipinski definition) is 2. The Balaban J connectivity index is 2.26. The third-order valence-electron chi connectivity index (χ3n) is 2.44. The molecule has 4 heteroatoms. The number of phenols is 1. The summed E-state index contributed by atoms with van der Waals surface area (Å²) in [4.78, 5) is 0. The Labute approximate surface area is 85.9 Å². The van der Waals surface area contributed by atoms with Crippen molar-refractivity contribution < 1.29 is 14.6 Å². The van der Waals surface area contributed by atoms with E-state index in [1.165, 1.54) is 12.1 Å². The summed E-state index contributed by atoms with van der Waals surface area (Å²) in [5.41, 5.74) is -0.0578. The fourth-order valence-electron chi connectivity index (χ4n) is 1.42. The van der Waals surface area contributed by atoms with Crippen LogP contribution >= 0.6 is 11.6 Å². The van der Waals surface area contributed by atoms with Gasteiger partial charge in [0.1, 0.15) is 0 Å². The Hall–Kier alpha value is -0.800. The highest BCUT2D eigenvalue weighted by atomic mass is 35.5. The lowest BCUT2D eigenvalue weighted by molar-refractivity contribution is 0.151. The molecule has 0 atom stereocenters. The molecule has 0 saturated heterocycles. The minimum atomic E-state index is -0.739. The highest BCUT2D eigenvalue weighted by molar-refractivity contribution is 6.32. The van der Waals surface area contributed by atoms with Crippen molar-refractivity contribution in [3.05, 3.63) is 28.5 Å². The number of benzene rings is 1. The van der Waals surface area contributed by atoms with E-state index in [0.29, 0.717) is 12.0 Å². The zero-order chi connectivity index (χ0) is 10.3. The van der Waals surface area contributed by atoms with Gasteiger partial charge >= 0.3 is 0 Å². The first-order valence-electron chi connectivity index (χ1n) is 4.39. The van der Waals surface area contributed by atoms with Crippen LogP contribution in [0.1, 0.15) is 18.4 Å². The molecule has 2 nitrogen and oxygen atoms in total. The van der Waals surface area contributed by atoms with Crippen LogP contribution in [0.2, 0.25) is 5.02 Å². The summed E-state index contributed by atoms with van der Waals surface area (Å²) in [6.45, 7) is 0. The second-order valence-electron chi connectivity index (χ2n) is 3.81. The quantitative estimate of drug-likeness (QED) is 0.796. The second-order valence-corrected chi connectivity index (χ2v) is 4.22. The van der Waals surface area contributed by atoms with Crippen molar-refractivity contribution in [3.63, 3.8) is 0 Å². The summed E-state index contributed by atoms with van der Waals surface area (Å²) in [7, 11) is 0. The van der Waals surface area contributed by atoms with E-state index < -0.39 is 17.2 Å². The van der Waals surface area contributed by atoms with E-state index in [1.807, 2.05) is 0 Å². The molecule has 2 N–H and O–H groups in total. The summed E-state index contributed by atoms with van der Waals surface area (Å²) in [5, 5.41) is 18.7. The maximum atomic E-state index is 13.0. The van der Waals surface area contributed by atoms with Crippen LogP contribution in [0.4, 0.5) is 4.39 Å². The van der Waals surface area contributed by atoms with Crippen molar-refractivity contribution in [2.24, 2.45) is 0 Å². The Bertz CT molecular complexity index is 351. The van der Waals surface area contributed by atoms with Gasteiger partial charge < -0.3 is 10.2 Å². The van der Waals surface area contributed by atoms with Gasteiger partial charge in [0.2, 0.25) is 0 Å². The smallest absolute Gasteiger partial charge is 0.170 e. The molecule has 0 aromatic heterocycles. The zero-order valence-electron chi connectivity index (χ0n) is 7.43. The predicted octanol–water partition coefficient (Wildman–Crippen LogP) is 2.25. The van der Waals surface area contributed by atoms with Gasteiger partial charge in [-0.1, -0.05) is 11.6 Å². The lowest BCUT2D eigenvalue weighted by Gasteiger charge is -2.08. The third kappa shape index (κ3) is 1.83. The summed E-state index contributed by atoms with van der Waals surface area (Å²) in [6, 6.07) is 2.69. The fraction of sp³-hybridized carbons (Fsp3) is 0.400. The van der Waals surface area contributed by atoms with Crippen molar-refractivity contribution in [3.8, 4) is 5.75 Å². The Morgan fingerprint density at radius 2 is 2.07 bits per heavy atom. The molecule has 76 valence electrons.